The summed E-state index contributed by atoms with van der Waals surface area (Å²) in [6, 6.07) is 5.45. The van der Waals surface area contributed by atoms with Gasteiger partial charge in [-0.05, 0) is 37.1 Å². The van der Waals surface area contributed by atoms with E-state index in [4.69, 9.17) is 16.3 Å². The van der Waals surface area contributed by atoms with Crippen molar-refractivity contribution in [3.05, 3.63) is 53.1 Å². The monoisotopic (exact) mass is 307 g/mol. The topological polar surface area (TPSA) is 55.4 Å². The van der Waals surface area contributed by atoms with Crippen LogP contribution in [0.4, 0.5) is 0 Å². The van der Waals surface area contributed by atoms with E-state index in [-0.39, 0.29) is 5.91 Å². The van der Waals surface area contributed by atoms with E-state index in [9.17, 15) is 9.59 Å². The van der Waals surface area contributed by atoms with Gasteiger partial charge in [0.15, 0.2) is 6.10 Å². The number of benzene rings is 1. The number of carbonyl (C=O) groups is 2. The second-order valence-corrected chi connectivity index (χ2v) is 4.86. The van der Waals surface area contributed by atoms with Gasteiger partial charge < -0.3 is 10.1 Å². The van der Waals surface area contributed by atoms with Gasteiger partial charge in [-0.2, -0.15) is 0 Å². The van der Waals surface area contributed by atoms with Crippen LogP contribution in [0.5, 0.6) is 0 Å². The minimum Gasteiger partial charge on any atom is -0.449 e. The molecule has 1 aromatic carbocycles. The molecule has 112 valence electrons. The SMILES string of the molecule is C=CCNC(=O)[C@H](C)OC(=O)/C=C/c1ccc(C)c(Cl)c1. The van der Waals surface area contributed by atoms with E-state index in [0.29, 0.717) is 11.6 Å². The molecule has 21 heavy (non-hydrogen) atoms. The number of rotatable bonds is 6. The molecule has 1 atom stereocenters. The Labute approximate surface area is 129 Å². The van der Waals surface area contributed by atoms with E-state index >= 15 is 0 Å². The number of ether oxygens (including phenoxy) is 1. The summed E-state index contributed by atoms with van der Waals surface area (Å²) in [7, 11) is 0. The van der Waals surface area contributed by atoms with Crippen LogP contribution in [0.3, 0.4) is 0 Å². The Balaban J connectivity index is 2.56. The molecular weight excluding hydrogens is 290 g/mol. The summed E-state index contributed by atoms with van der Waals surface area (Å²) < 4.78 is 4.98. The summed E-state index contributed by atoms with van der Waals surface area (Å²) in [5.74, 6) is -0.956. The van der Waals surface area contributed by atoms with Gasteiger partial charge >= 0.3 is 5.97 Å². The van der Waals surface area contributed by atoms with Crippen molar-refractivity contribution < 1.29 is 14.3 Å². The zero-order valence-electron chi connectivity index (χ0n) is 12.1. The van der Waals surface area contributed by atoms with Gasteiger partial charge in [-0.1, -0.05) is 29.8 Å². The Morgan fingerprint density at radius 2 is 2.19 bits per heavy atom. The van der Waals surface area contributed by atoms with Crippen molar-refractivity contribution in [2.45, 2.75) is 20.0 Å². The third-order valence-corrected chi connectivity index (χ3v) is 3.10. The summed E-state index contributed by atoms with van der Waals surface area (Å²) in [6.07, 6.45) is 3.54. The predicted molar refractivity (Wildman–Crippen MR) is 84.0 cm³/mol. The largest absolute Gasteiger partial charge is 0.449 e. The van der Waals surface area contributed by atoms with Crippen LogP contribution < -0.4 is 5.32 Å². The molecule has 1 rings (SSSR count). The van der Waals surface area contributed by atoms with Gasteiger partial charge in [-0.15, -0.1) is 6.58 Å². The van der Waals surface area contributed by atoms with E-state index < -0.39 is 12.1 Å². The number of hydrogen-bond donors (Lipinski definition) is 1. The predicted octanol–water partition coefficient (Wildman–Crippen LogP) is 2.90. The fourth-order valence-corrected chi connectivity index (χ4v) is 1.65. The summed E-state index contributed by atoms with van der Waals surface area (Å²) in [6.45, 7) is 7.22. The van der Waals surface area contributed by atoms with E-state index in [1.165, 1.54) is 13.0 Å². The fraction of sp³-hybridized carbons (Fsp3) is 0.250. The lowest BCUT2D eigenvalue weighted by Crippen LogP contribution is -2.35. The Morgan fingerprint density at radius 1 is 1.48 bits per heavy atom. The highest BCUT2D eigenvalue weighted by Gasteiger charge is 2.15. The Kier molecular flexibility index (Phi) is 6.69. The first-order chi connectivity index (χ1) is 9.93. The lowest BCUT2D eigenvalue weighted by molar-refractivity contribution is -0.150. The number of hydrogen-bond acceptors (Lipinski definition) is 3. The van der Waals surface area contributed by atoms with Gasteiger partial charge in [0.1, 0.15) is 0 Å². The Hall–Kier alpha value is -2.07. The first-order valence-corrected chi connectivity index (χ1v) is 6.85. The average molecular weight is 308 g/mol. The molecule has 0 saturated heterocycles. The van der Waals surface area contributed by atoms with Gasteiger partial charge in [0.05, 0.1) is 0 Å². The molecular formula is C16H18ClNO3. The zero-order chi connectivity index (χ0) is 15.8. The molecule has 5 heteroatoms. The fourth-order valence-electron chi connectivity index (χ4n) is 1.46. The molecule has 0 aliphatic carbocycles. The van der Waals surface area contributed by atoms with Crippen molar-refractivity contribution in [1.29, 1.82) is 0 Å². The number of halogens is 1. The molecule has 1 amide bonds. The van der Waals surface area contributed by atoms with E-state index in [0.717, 1.165) is 11.1 Å². The number of esters is 1. The highest BCUT2D eigenvalue weighted by molar-refractivity contribution is 6.31. The normalized spacial score (nSPS) is 12.0. The van der Waals surface area contributed by atoms with Gasteiger partial charge in [-0.25, -0.2) is 4.79 Å². The van der Waals surface area contributed by atoms with E-state index in [1.807, 2.05) is 19.1 Å². The summed E-state index contributed by atoms with van der Waals surface area (Å²) >= 11 is 5.99. The molecule has 1 N–H and O–H groups in total. The van der Waals surface area contributed by atoms with Gasteiger partial charge in [0, 0.05) is 17.6 Å². The van der Waals surface area contributed by atoms with Crippen molar-refractivity contribution in [2.24, 2.45) is 0 Å². The smallest absolute Gasteiger partial charge is 0.331 e. The maximum Gasteiger partial charge on any atom is 0.331 e. The first-order valence-electron chi connectivity index (χ1n) is 6.47. The van der Waals surface area contributed by atoms with Crippen molar-refractivity contribution >= 4 is 29.6 Å². The molecule has 0 fully saturated rings. The minimum atomic E-state index is -0.858. The number of amides is 1. The van der Waals surface area contributed by atoms with Crippen molar-refractivity contribution in [3.63, 3.8) is 0 Å². The van der Waals surface area contributed by atoms with E-state index in [1.54, 1.807) is 18.2 Å². The Morgan fingerprint density at radius 3 is 2.81 bits per heavy atom. The molecule has 0 heterocycles. The van der Waals surface area contributed by atoms with Gasteiger partial charge in [-0.3, -0.25) is 4.79 Å². The molecule has 0 saturated carbocycles. The highest BCUT2D eigenvalue weighted by atomic mass is 35.5. The molecule has 1 aromatic rings. The zero-order valence-corrected chi connectivity index (χ0v) is 12.8. The quantitative estimate of drug-likeness (QED) is 0.499. The lowest BCUT2D eigenvalue weighted by Gasteiger charge is -2.11. The second-order valence-electron chi connectivity index (χ2n) is 4.45. The molecule has 0 bridgehead atoms. The maximum absolute atomic E-state index is 11.6. The highest BCUT2D eigenvalue weighted by Crippen LogP contribution is 2.17. The molecule has 4 nitrogen and oxygen atoms in total. The van der Waals surface area contributed by atoms with Crippen LogP contribution in [0.2, 0.25) is 5.02 Å². The lowest BCUT2D eigenvalue weighted by atomic mass is 10.1. The molecule has 0 aliphatic rings. The van der Waals surface area contributed by atoms with Crippen LogP contribution >= 0.6 is 11.6 Å². The summed E-state index contributed by atoms with van der Waals surface area (Å²) in [4.78, 5) is 23.1. The minimum absolute atomic E-state index is 0.332. The van der Waals surface area contributed by atoms with E-state index in [2.05, 4.69) is 11.9 Å². The maximum atomic E-state index is 11.6. The molecule has 0 aliphatic heterocycles. The number of aryl methyl sites for hydroxylation is 1. The van der Waals surface area contributed by atoms with Crippen LogP contribution in [-0.2, 0) is 14.3 Å². The first kappa shape index (κ1) is 17.0. The van der Waals surface area contributed by atoms with Crippen LogP contribution in [0.1, 0.15) is 18.1 Å². The second kappa shape index (κ2) is 8.27. The van der Waals surface area contributed by atoms with Crippen molar-refractivity contribution in [3.8, 4) is 0 Å². The molecule has 0 radical (unpaired) electrons. The third-order valence-electron chi connectivity index (χ3n) is 2.69. The van der Waals surface area contributed by atoms with Gasteiger partial charge in [0.2, 0.25) is 0 Å². The average Bonchev–Trinajstić information content (AvgIpc) is 2.45. The van der Waals surface area contributed by atoms with Crippen LogP contribution in [0.15, 0.2) is 36.9 Å². The molecule has 0 spiro atoms. The molecule has 0 aromatic heterocycles. The molecule has 0 unspecified atom stereocenters. The standard InChI is InChI=1S/C16H18ClNO3/c1-4-9-18-16(20)12(3)21-15(19)8-7-13-6-5-11(2)14(17)10-13/h4-8,10,12H,1,9H2,2-3H3,(H,18,20)/b8-7+/t12-/m0/s1. The summed E-state index contributed by atoms with van der Waals surface area (Å²) in [5.41, 5.74) is 1.75. The van der Waals surface area contributed by atoms with Crippen LogP contribution in [0, 0.1) is 6.92 Å². The van der Waals surface area contributed by atoms with Crippen molar-refractivity contribution in [1.82, 2.24) is 5.32 Å². The number of carbonyl (C=O) groups excluding carboxylic acids is 2. The van der Waals surface area contributed by atoms with Crippen LogP contribution in [-0.4, -0.2) is 24.5 Å². The van der Waals surface area contributed by atoms with Crippen molar-refractivity contribution in [2.75, 3.05) is 6.54 Å². The Bertz CT molecular complexity index is 567. The van der Waals surface area contributed by atoms with Crippen LogP contribution in [0.25, 0.3) is 6.08 Å². The third kappa shape index (κ3) is 5.83. The summed E-state index contributed by atoms with van der Waals surface area (Å²) in [5, 5.41) is 3.18. The van der Waals surface area contributed by atoms with Gasteiger partial charge in [0.25, 0.3) is 5.91 Å². The number of nitrogens with one attached hydrogen (secondary N) is 1.